The number of benzene rings is 4. The number of methoxy groups -OCH3 is 1. The first-order chi connectivity index (χ1) is 14.7. The fraction of sp³-hybridized carbons (Fsp3) is 0.115. The molecule has 0 radical (unpaired) electrons. The Balaban J connectivity index is 1.63. The van der Waals surface area contributed by atoms with Crippen molar-refractivity contribution >= 4 is 22.2 Å². The highest BCUT2D eigenvalue weighted by Gasteiger charge is 2.31. The molecule has 4 aromatic carbocycles. The van der Waals surface area contributed by atoms with Gasteiger partial charge in [-0.05, 0) is 40.6 Å². The maximum atomic E-state index is 10.6. The first-order valence-corrected chi connectivity index (χ1v) is 10.0. The maximum absolute atomic E-state index is 10.6. The van der Waals surface area contributed by atoms with Crippen molar-refractivity contribution in [3.8, 4) is 11.5 Å². The first-order valence-electron chi connectivity index (χ1n) is 10.0. The second-order valence-electron chi connectivity index (χ2n) is 7.40. The van der Waals surface area contributed by atoms with E-state index < -0.39 is 0 Å². The summed E-state index contributed by atoms with van der Waals surface area (Å²) in [7, 11) is 1.59. The second kappa shape index (κ2) is 7.56. The molecule has 0 amide bonds. The summed E-state index contributed by atoms with van der Waals surface area (Å²) in [5.41, 5.74) is 3.85. The fourth-order valence-corrected chi connectivity index (χ4v) is 4.16. The number of fused-ring (bicyclic) bond motifs is 1. The number of ether oxygens (including phenoxy) is 1. The highest BCUT2D eigenvalue weighted by molar-refractivity contribution is 6.06. The van der Waals surface area contributed by atoms with Crippen LogP contribution in [0, 0.1) is 0 Å². The van der Waals surface area contributed by atoms with Crippen molar-refractivity contribution in [1.82, 2.24) is 0 Å². The van der Waals surface area contributed by atoms with E-state index in [1.165, 1.54) is 16.3 Å². The Morgan fingerprint density at radius 3 is 2.47 bits per heavy atom. The molecule has 0 fully saturated rings. The van der Waals surface area contributed by atoms with E-state index in [1.807, 2.05) is 30.3 Å². The molecular weight excluding hydrogens is 372 g/mol. The average molecular weight is 394 g/mol. The van der Waals surface area contributed by atoms with Crippen LogP contribution in [0.15, 0.2) is 96.1 Å². The predicted molar refractivity (Wildman–Crippen MR) is 121 cm³/mol. The van der Waals surface area contributed by atoms with Gasteiger partial charge >= 0.3 is 0 Å². The van der Waals surface area contributed by atoms with E-state index >= 15 is 0 Å². The smallest absolute Gasteiger partial charge is 0.128 e. The Bertz CT molecular complexity index is 1230. The van der Waals surface area contributed by atoms with Crippen molar-refractivity contribution in [2.45, 2.75) is 12.5 Å². The molecule has 0 bridgehead atoms. The van der Waals surface area contributed by atoms with Crippen LogP contribution in [0.2, 0.25) is 0 Å². The molecule has 0 saturated carbocycles. The van der Waals surface area contributed by atoms with Gasteiger partial charge in [-0.2, -0.15) is 5.10 Å². The third-order valence-electron chi connectivity index (χ3n) is 5.63. The van der Waals surface area contributed by atoms with Gasteiger partial charge < -0.3 is 9.84 Å². The molecule has 4 heteroatoms. The minimum absolute atomic E-state index is 0.0370. The number of hydrogen-bond acceptors (Lipinski definition) is 4. The lowest BCUT2D eigenvalue weighted by Gasteiger charge is -2.25. The summed E-state index contributed by atoms with van der Waals surface area (Å²) in [6, 6.07) is 30.4. The summed E-state index contributed by atoms with van der Waals surface area (Å²) in [4.78, 5) is 0. The molecule has 0 aliphatic carbocycles. The van der Waals surface area contributed by atoms with Gasteiger partial charge in [0.15, 0.2) is 0 Å². The van der Waals surface area contributed by atoms with Crippen molar-refractivity contribution in [2.75, 3.05) is 12.1 Å². The van der Waals surface area contributed by atoms with Gasteiger partial charge in [0.1, 0.15) is 11.5 Å². The molecule has 1 aliphatic rings. The van der Waals surface area contributed by atoms with Crippen LogP contribution in [0.1, 0.15) is 23.6 Å². The van der Waals surface area contributed by atoms with Crippen molar-refractivity contribution in [3.05, 3.63) is 102 Å². The van der Waals surface area contributed by atoms with Crippen LogP contribution in [0.3, 0.4) is 0 Å². The Kier molecular flexibility index (Phi) is 4.60. The third kappa shape index (κ3) is 3.16. The zero-order chi connectivity index (χ0) is 20.5. The zero-order valence-corrected chi connectivity index (χ0v) is 16.7. The Morgan fingerprint density at radius 2 is 1.67 bits per heavy atom. The lowest BCUT2D eigenvalue weighted by atomic mass is 9.93. The van der Waals surface area contributed by atoms with E-state index in [2.05, 4.69) is 59.6 Å². The number of phenols is 1. The van der Waals surface area contributed by atoms with Gasteiger partial charge in [-0.1, -0.05) is 60.7 Å². The summed E-state index contributed by atoms with van der Waals surface area (Å²) in [6.45, 7) is 0. The number of nitrogens with zero attached hydrogens (tertiary/aromatic N) is 2. The predicted octanol–water partition coefficient (Wildman–Crippen LogP) is 5.91. The van der Waals surface area contributed by atoms with Crippen molar-refractivity contribution in [3.63, 3.8) is 0 Å². The van der Waals surface area contributed by atoms with Crippen LogP contribution >= 0.6 is 0 Å². The quantitative estimate of drug-likeness (QED) is 0.468. The van der Waals surface area contributed by atoms with Gasteiger partial charge in [0.25, 0.3) is 0 Å². The molecule has 1 aliphatic heterocycles. The van der Waals surface area contributed by atoms with E-state index in [-0.39, 0.29) is 11.8 Å². The molecule has 4 nitrogen and oxygen atoms in total. The van der Waals surface area contributed by atoms with E-state index in [4.69, 9.17) is 9.84 Å². The van der Waals surface area contributed by atoms with Crippen LogP contribution in [0.25, 0.3) is 10.8 Å². The van der Waals surface area contributed by atoms with E-state index in [9.17, 15) is 5.11 Å². The molecule has 1 heterocycles. The number of rotatable bonds is 4. The summed E-state index contributed by atoms with van der Waals surface area (Å²) < 4.78 is 5.23. The summed E-state index contributed by atoms with van der Waals surface area (Å²) in [5.74, 6) is 0.806. The molecule has 5 rings (SSSR count). The number of hydrogen-bond donors (Lipinski definition) is 1. The van der Waals surface area contributed by atoms with Gasteiger partial charge in [0.05, 0.1) is 24.6 Å². The minimum Gasteiger partial charge on any atom is -0.507 e. The topological polar surface area (TPSA) is 45.1 Å². The monoisotopic (exact) mass is 394 g/mol. The number of phenolic OH excluding ortho intramolecular Hbond substituents is 1. The molecule has 0 aromatic heterocycles. The largest absolute Gasteiger partial charge is 0.507 e. The highest BCUT2D eigenvalue weighted by atomic mass is 16.5. The van der Waals surface area contributed by atoms with Crippen molar-refractivity contribution in [1.29, 1.82) is 0 Å². The Morgan fingerprint density at radius 1 is 0.900 bits per heavy atom. The highest BCUT2D eigenvalue weighted by Crippen LogP contribution is 2.40. The first kappa shape index (κ1) is 18.3. The third-order valence-corrected chi connectivity index (χ3v) is 5.63. The second-order valence-corrected chi connectivity index (χ2v) is 7.40. The van der Waals surface area contributed by atoms with Crippen LogP contribution in [-0.4, -0.2) is 17.9 Å². The number of aromatic hydroxyl groups is 1. The Labute approximate surface area is 175 Å². The van der Waals surface area contributed by atoms with Gasteiger partial charge in [0.2, 0.25) is 0 Å². The summed E-state index contributed by atoms with van der Waals surface area (Å²) in [6.07, 6.45) is 0.697. The van der Waals surface area contributed by atoms with Crippen molar-refractivity contribution in [2.24, 2.45) is 5.10 Å². The molecule has 1 N–H and O–H groups in total. The molecule has 0 spiro atoms. The van der Waals surface area contributed by atoms with Gasteiger partial charge in [0, 0.05) is 18.1 Å². The zero-order valence-electron chi connectivity index (χ0n) is 16.7. The lowest BCUT2D eigenvalue weighted by molar-refractivity contribution is 0.407. The van der Waals surface area contributed by atoms with Crippen molar-refractivity contribution < 1.29 is 9.84 Å². The van der Waals surface area contributed by atoms with E-state index in [0.29, 0.717) is 12.2 Å². The fourth-order valence-electron chi connectivity index (χ4n) is 4.16. The van der Waals surface area contributed by atoms with E-state index in [1.54, 1.807) is 13.2 Å². The molecule has 148 valence electrons. The number of para-hydroxylation sites is 1. The van der Waals surface area contributed by atoms with Gasteiger partial charge in [-0.25, -0.2) is 0 Å². The SMILES string of the molecule is COc1ccc(C2=NN(c3ccccc3)C(c3cccc4ccccc34)C2)c(O)c1. The van der Waals surface area contributed by atoms with Crippen LogP contribution in [-0.2, 0) is 0 Å². The number of hydrazone groups is 1. The number of anilines is 1. The van der Waals surface area contributed by atoms with Gasteiger partial charge in [-0.3, -0.25) is 5.01 Å². The van der Waals surface area contributed by atoms with Crippen LogP contribution < -0.4 is 9.75 Å². The molecule has 0 saturated heterocycles. The minimum atomic E-state index is 0.0370. The summed E-state index contributed by atoms with van der Waals surface area (Å²) >= 11 is 0. The molecular formula is C26H22N2O2. The van der Waals surface area contributed by atoms with Crippen LogP contribution in [0.4, 0.5) is 5.69 Å². The molecule has 30 heavy (non-hydrogen) atoms. The lowest BCUT2D eigenvalue weighted by Crippen LogP contribution is -2.18. The molecule has 1 unspecified atom stereocenters. The molecule has 4 aromatic rings. The average Bonchev–Trinajstić information content (AvgIpc) is 3.24. The van der Waals surface area contributed by atoms with Crippen LogP contribution in [0.5, 0.6) is 11.5 Å². The molecule has 1 atom stereocenters. The normalized spacial score (nSPS) is 16.0. The Hall–Kier alpha value is -3.79. The van der Waals surface area contributed by atoms with E-state index in [0.717, 1.165) is 17.0 Å². The summed E-state index contributed by atoms with van der Waals surface area (Å²) in [5, 5.41) is 20.1. The van der Waals surface area contributed by atoms with Gasteiger partial charge in [-0.15, -0.1) is 0 Å². The maximum Gasteiger partial charge on any atom is 0.128 e. The standard InChI is InChI=1S/C26H22N2O2/c1-30-20-14-15-23(26(29)16-20)24-17-25(28(27-24)19-10-3-2-4-11-19)22-13-7-9-18-8-5-6-12-21(18)22/h2-16,25,29H,17H2,1H3.